The highest BCUT2D eigenvalue weighted by atomic mass is 35.5. The van der Waals surface area contributed by atoms with Crippen molar-refractivity contribution in [2.45, 2.75) is 26.3 Å². The van der Waals surface area contributed by atoms with Crippen LogP contribution in [0.2, 0.25) is 5.28 Å². The molecule has 1 unspecified atom stereocenters. The lowest BCUT2D eigenvalue weighted by Gasteiger charge is -2.12. The van der Waals surface area contributed by atoms with E-state index in [1.165, 1.54) is 0 Å². The molecule has 0 amide bonds. The average Bonchev–Trinajstić information content (AvgIpc) is 2.65. The van der Waals surface area contributed by atoms with Crippen LogP contribution in [0.25, 0.3) is 10.2 Å². The van der Waals surface area contributed by atoms with E-state index >= 15 is 0 Å². The van der Waals surface area contributed by atoms with Crippen molar-refractivity contribution < 1.29 is 0 Å². The van der Waals surface area contributed by atoms with Crippen LogP contribution in [0, 0.1) is 0 Å². The Bertz CT molecular complexity index is 469. The van der Waals surface area contributed by atoms with E-state index in [4.69, 9.17) is 11.6 Å². The first kappa shape index (κ1) is 10.6. The molecule has 2 heterocycles. The van der Waals surface area contributed by atoms with E-state index in [1.807, 2.05) is 11.4 Å². The number of aromatic nitrogens is 2. The van der Waals surface area contributed by atoms with Crippen molar-refractivity contribution in [2.24, 2.45) is 0 Å². The Kier molecular flexibility index (Phi) is 3.07. The van der Waals surface area contributed by atoms with Gasteiger partial charge in [0.2, 0.25) is 5.28 Å². The molecule has 3 nitrogen and oxygen atoms in total. The summed E-state index contributed by atoms with van der Waals surface area (Å²) in [6, 6.07) is 2.40. The summed E-state index contributed by atoms with van der Waals surface area (Å²) in [7, 11) is 0. The second-order valence-electron chi connectivity index (χ2n) is 3.43. The van der Waals surface area contributed by atoms with Gasteiger partial charge in [0.25, 0.3) is 0 Å². The van der Waals surface area contributed by atoms with Gasteiger partial charge in [-0.3, -0.25) is 0 Å². The summed E-state index contributed by atoms with van der Waals surface area (Å²) in [6.45, 7) is 4.25. The summed E-state index contributed by atoms with van der Waals surface area (Å²) >= 11 is 7.43. The highest BCUT2D eigenvalue weighted by Gasteiger charge is 2.09. The maximum absolute atomic E-state index is 5.85. The van der Waals surface area contributed by atoms with Crippen LogP contribution in [0.4, 0.5) is 5.82 Å². The molecule has 0 aliphatic heterocycles. The van der Waals surface area contributed by atoms with Crippen LogP contribution in [-0.4, -0.2) is 16.0 Å². The minimum absolute atomic E-state index is 0.302. The van der Waals surface area contributed by atoms with Gasteiger partial charge in [0.1, 0.15) is 10.6 Å². The molecule has 2 aromatic heterocycles. The van der Waals surface area contributed by atoms with E-state index in [-0.39, 0.29) is 0 Å². The van der Waals surface area contributed by atoms with Gasteiger partial charge >= 0.3 is 0 Å². The van der Waals surface area contributed by atoms with E-state index in [0.29, 0.717) is 11.3 Å². The molecule has 0 aromatic carbocycles. The highest BCUT2D eigenvalue weighted by molar-refractivity contribution is 7.16. The molecule has 0 aliphatic carbocycles. The van der Waals surface area contributed by atoms with E-state index in [1.54, 1.807) is 11.3 Å². The zero-order chi connectivity index (χ0) is 10.8. The first-order valence-electron chi connectivity index (χ1n) is 4.88. The molecule has 0 saturated heterocycles. The molecule has 2 rings (SSSR count). The third kappa shape index (κ3) is 2.21. The lowest BCUT2D eigenvalue weighted by atomic mass is 10.2. The Balaban J connectivity index is 2.44. The van der Waals surface area contributed by atoms with E-state index in [0.717, 1.165) is 22.5 Å². The summed E-state index contributed by atoms with van der Waals surface area (Å²) in [4.78, 5) is 9.30. The Morgan fingerprint density at radius 3 is 3.07 bits per heavy atom. The number of anilines is 1. The summed E-state index contributed by atoms with van der Waals surface area (Å²) in [5.41, 5.74) is 0. The average molecular weight is 242 g/mol. The van der Waals surface area contributed by atoms with Gasteiger partial charge in [-0.05, 0) is 36.4 Å². The van der Waals surface area contributed by atoms with Crippen molar-refractivity contribution in [3.63, 3.8) is 0 Å². The molecule has 0 fully saturated rings. The van der Waals surface area contributed by atoms with Crippen LogP contribution in [0.1, 0.15) is 20.3 Å². The predicted molar refractivity (Wildman–Crippen MR) is 65.8 cm³/mol. The van der Waals surface area contributed by atoms with Crippen molar-refractivity contribution in [2.75, 3.05) is 5.32 Å². The molecule has 1 atom stereocenters. The van der Waals surface area contributed by atoms with Gasteiger partial charge in [-0.1, -0.05) is 6.92 Å². The fourth-order valence-electron chi connectivity index (χ4n) is 1.27. The minimum Gasteiger partial charge on any atom is -0.367 e. The molecule has 2 aromatic rings. The number of fused-ring (bicyclic) bond motifs is 1. The minimum atomic E-state index is 0.302. The summed E-state index contributed by atoms with van der Waals surface area (Å²) in [5, 5.41) is 6.68. The number of nitrogens with zero attached hydrogens (tertiary/aromatic N) is 2. The van der Waals surface area contributed by atoms with Gasteiger partial charge in [-0.15, -0.1) is 11.3 Å². The van der Waals surface area contributed by atoms with Crippen LogP contribution < -0.4 is 5.32 Å². The first-order valence-corrected chi connectivity index (χ1v) is 6.13. The fourth-order valence-corrected chi connectivity index (χ4v) is 2.26. The predicted octanol–water partition coefficient (Wildman–Crippen LogP) is 3.56. The van der Waals surface area contributed by atoms with Crippen molar-refractivity contribution in [3.8, 4) is 0 Å². The van der Waals surface area contributed by atoms with Gasteiger partial charge in [0.15, 0.2) is 0 Å². The van der Waals surface area contributed by atoms with Crippen LogP contribution in [0.15, 0.2) is 11.4 Å². The summed E-state index contributed by atoms with van der Waals surface area (Å²) < 4.78 is 0. The Morgan fingerprint density at radius 2 is 2.33 bits per heavy atom. The molecule has 0 radical (unpaired) electrons. The molecule has 15 heavy (non-hydrogen) atoms. The molecule has 0 saturated carbocycles. The van der Waals surface area contributed by atoms with Gasteiger partial charge in [0.05, 0.1) is 5.39 Å². The number of thiophene rings is 1. The van der Waals surface area contributed by atoms with Crippen LogP contribution in [0.5, 0.6) is 0 Å². The quantitative estimate of drug-likeness (QED) is 0.835. The topological polar surface area (TPSA) is 37.8 Å². The zero-order valence-corrected chi connectivity index (χ0v) is 10.2. The molecule has 80 valence electrons. The largest absolute Gasteiger partial charge is 0.367 e. The standard InChI is InChI=1S/C10H12ClN3S/c1-3-6(2)12-8-7-4-5-15-9(7)14-10(11)13-8/h4-6H,3H2,1-2H3,(H,12,13,14). The summed E-state index contributed by atoms with van der Waals surface area (Å²) in [5.74, 6) is 0.834. The number of hydrogen-bond acceptors (Lipinski definition) is 4. The summed E-state index contributed by atoms with van der Waals surface area (Å²) in [6.07, 6.45) is 1.05. The smallest absolute Gasteiger partial charge is 0.225 e. The van der Waals surface area contributed by atoms with Crippen molar-refractivity contribution >= 4 is 39.0 Å². The molecular weight excluding hydrogens is 230 g/mol. The lowest BCUT2D eigenvalue weighted by Crippen LogP contribution is -2.14. The van der Waals surface area contributed by atoms with Gasteiger partial charge < -0.3 is 5.32 Å². The number of halogens is 1. The Labute approximate surface area is 97.5 Å². The molecule has 0 aliphatic rings. The number of rotatable bonds is 3. The maximum atomic E-state index is 5.85. The molecule has 0 bridgehead atoms. The monoisotopic (exact) mass is 241 g/mol. The van der Waals surface area contributed by atoms with Crippen LogP contribution in [0.3, 0.4) is 0 Å². The van der Waals surface area contributed by atoms with E-state index in [2.05, 4.69) is 29.1 Å². The fraction of sp³-hybridized carbons (Fsp3) is 0.400. The lowest BCUT2D eigenvalue weighted by molar-refractivity contribution is 0.760. The van der Waals surface area contributed by atoms with E-state index in [9.17, 15) is 0 Å². The van der Waals surface area contributed by atoms with Gasteiger partial charge in [0, 0.05) is 6.04 Å². The van der Waals surface area contributed by atoms with Crippen LogP contribution >= 0.6 is 22.9 Å². The third-order valence-corrected chi connectivity index (χ3v) is 3.27. The Morgan fingerprint density at radius 1 is 1.53 bits per heavy atom. The third-order valence-electron chi connectivity index (χ3n) is 2.29. The second kappa shape index (κ2) is 4.33. The Hall–Kier alpha value is -0.870. The van der Waals surface area contributed by atoms with Crippen LogP contribution in [-0.2, 0) is 0 Å². The maximum Gasteiger partial charge on any atom is 0.225 e. The normalized spacial score (nSPS) is 13.0. The zero-order valence-electron chi connectivity index (χ0n) is 8.62. The van der Waals surface area contributed by atoms with Crippen molar-refractivity contribution in [1.29, 1.82) is 0 Å². The second-order valence-corrected chi connectivity index (χ2v) is 4.67. The van der Waals surface area contributed by atoms with Gasteiger partial charge in [-0.2, -0.15) is 0 Å². The number of nitrogens with one attached hydrogen (secondary N) is 1. The molecular formula is C10H12ClN3S. The number of hydrogen-bond donors (Lipinski definition) is 1. The van der Waals surface area contributed by atoms with E-state index < -0.39 is 0 Å². The SMILES string of the molecule is CCC(C)Nc1nc(Cl)nc2sccc12. The molecule has 1 N–H and O–H groups in total. The van der Waals surface area contributed by atoms with Crippen molar-refractivity contribution in [3.05, 3.63) is 16.7 Å². The molecule has 5 heteroatoms. The van der Waals surface area contributed by atoms with Gasteiger partial charge in [-0.25, -0.2) is 9.97 Å². The highest BCUT2D eigenvalue weighted by Crippen LogP contribution is 2.26. The molecule has 0 spiro atoms. The van der Waals surface area contributed by atoms with Crippen molar-refractivity contribution in [1.82, 2.24) is 9.97 Å². The first-order chi connectivity index (χ1) is 7.20.